The van der Waals surface area contributed by atoms with Gasteiger partial charge in [-0.2, -0.15) is 0 Å². The van der Waals surface area contributed by atoms with Gasteiger partial charge in [-0.15, -0.1) is 12.4 Å². The summed E-state index contributed by atoms with van der Waals surface area (Å²) in [6, 6.07) is 13.9. The number of halogens is 1. The number of ether oxygens (including phenoxy) is 2. The van der Waals surface area contributed by atoms with Gasteiger partial charge in [0.1, 0.15) is 11.9 Å². The van der Waals surface area contributed by atoms with Gasteiger partial charge in [0.15, 0.2) is 0 Å². The quantitative estimate of drug-likeness (QED) is 0.727. The van der Waals surface area contributed by atoms with Gasteiger partial charge in [0.05, 0.1) is 25.0 Å². The van der Waals surface area contributed by atoms with Crippen LogP contribution < -0.4 is 20.7 Å². The first kappa shape index (κ1) is 20.7. The highest BCUT2D eigenvalue weighted by molar-refractivity contribution is 6.10. The minimum atomic E-state index is -0.568. The number of nitrogens with one attached hydrogen (secondary N) is 3. The van der Waals surface area contributed by atoms with Crippen LogP contribution in [0.15, 0.2) is 48.5 Å². The number of rotatable bonds is 5. The van der Waals surface area contributed by atoms with Crippen molar-refractivity contribution in [1.82, 2.24) is 5.32 Å². The average molecular weight is 392 g/mol. The SMILES string of the molecule is COc1ccc(NC(=O)c2ccccc2NC(=O)[C@H]2CNCCO2)cc1.Cl. The molecule has 2 amide bonds. The summed E-state index contributed by atoms with van der Waals surface area (Å²) < 4.78 is 10.5. The van der Waals surface area contributed by atoms with Crippen LogP contribution in [-0.4, -0.2) is 44.7 Å². The number of hydrogen-bond acceptors (Lipinski definition) is 5. The molecule has 0 unspecified atom stereocenters. The molecule has 1 fully saturated rings. The summed E-state index contributed by atoms with van der Waals surface area (Å²) in [7, 11) is 1.58. The Bertz CT molecular complexity index is 777. The number of hydrogen-bond donors (Lipinski definition) is 3. The molecule has 1 aliphatic heterocycles. The van der Waals surface area contributed by atoms with Crippen LogP contribution in [0.4, 0.5) is 11.4 Å². The van der Waals surface area contributed by atoms with Gasteiger partial charge in [0, 0.05) is 18.8 Å². The molecule has 1 atom stereocenters. The van der Waals surface area contributed by atoms with Crippen molar-refractivity contribution in [3.8, 4) is 5.75 Å². The van der Waals surface area contributed by atoms with Crippen molar-refractivity contribution in [2.45, 2.75) is 6.10 Å². The summed E-state index contributed by atoms with van der Waals surface area (Å²) in [5, 5.41) is 8.70. The third kappa shape index (κ3) is 5.43. The molecular formula is C19H22ClN3O4. The second-order valence-corrected chi connectivity index (χ2v) is 5.78. The van der Waals surface area contributed by atoms with Gasteiger partial charge >= 0.3 is 0 Å². The summed E-state index contributed by atoms with van der Waals surface area (Å²) in [6.07, 6.45) is -0.568. The maximum atomic E-state index is 12.6. The smallest absolute Gasteiger partial charge is 0.257 e. The largest absolute Gasteiger partial charge is 0.497 e. The summed E-state index contributed by atoms with van der Waals surface area (Å²) in [6.45, 7) is 1.66. The van der Waals surface area contributed by atoms with E-state index in [0.717, 1.165) is 6.54 Å². The molecule has 2 aromatic rings. The minimum absolute atomic E-state index is 0. The fourth-order valence-corrected chi connectivity index (χ4v) is 2.61. The molecule has 0 radical (unpaired) electrons. The number of amides is 2. The molecule has 8 heteroatoms. The van der Waals surface area contributed by atoms with E-state index in [-0.39, 0.29) is 24.2 Å². The molecule has 1 heterocycles. The fraction of sp³-hybridized carbons (Fsp3) is 0.263. The lowest BCUT2D eigenvalue weighted by molar-refractivity contribution is -0.128. The van der Waals surface area contributed by atoms with Crippen LogP contribution in [0.5, 0.6) is 5.75 Å². The molecule has 3 N–H and O–H groups in total. The first-order chi connectivity index (χ1) is 12.7. The van der Waals surface area contributed by atoms with Crippen molar-refractivity contribution >= 4 is 35.6 Å². The highest BCUT2D eigenvalue weighted by Gasteiger charge is 2.23. The van der Waals surface area contributed by atoms with Gasteiger partial charge in [-0.1, -0.05) is 12.1 Å². The number of morpholine rings is 1. The molecule has 1 saturated heterocycles. The molecule has 27 heavy (non-hydrogen) atoms. The van der Waals surface area contributed by atoms with E-state index in [1.807, 2.05) is 0 Å². The highest BCUT2D eigenvalue weighted by Crippen LogP contribution is 2.20. The Hall–Kier alpha value is -2.61. The van der Waals surface area contributed by atoms with Gasteiger partial charge in [0.2, 0.25) is 0 Å². The Morgan fingerprint density at radius 2 is 1.85 bits per heavy atom. The van der Waals surface area contributed by atoms with Crippen molar-refractivity contribution in [1.29, 1.82) is 0 Å². The molecular weight excluding hydrogens is 370 g/mol. The van der Waals surface area contributed by atoms with E-state index >= 15 is 0 Å². The van der Waals surface area contributed by atoms with E-state index in [1.54, 1.807) is 55.6 Å². The normalized spacial score (nSPS) is 16.0. The maximum Gasteiger partial charge on any atom is 0.257 e. The van der Waals surface area contributed by atoms with E-state index in [0.29, 0.717) is 35.8 Å². The third-order valence-corrected chi connectivity index (χ3v) is 4.00. The number of para-hydroxylation sites is 1. The molecule has 0 aromatic heterocycles. The monoisotopic (exact) mass is 391 g/mol. The predicted molar refractivity (Wildman–Crippen MR) is 106 cm³/mol. The molecule has 0 saturated carbocycles. The first-order valence-corrected chi connectivity index (χ1v) is 8.35. The Morgan fingerprint density at radius 3 is 2.52 bits per heavy atom. The molecule has 2 aromatic carbocycles. The number of carbonyl (C=O) groups excluding carboxylic acids is 2. The van der Waals surface area contributed by atoms with Crippen molar-refractivity contribution in [2.24, 2.45) is 0 Å². The van der Waals surface area contributed by atoms with Crippen molar-refractivity contribution < 1.29 is 19.1 Å². The molecule has 0 bridgehead atoms. The molecule has 7 nitrogen and oxygen atoms in total. The lowest BCUT2D eigenvalue weighted by Gasteiger charge is -2.23. The zero-order valence-corrected chi connectivity index (χ0v) is 15.7. The number of benzene rings is 2. The van der Waals surface area contributed by atoms with Crippen molar-refractivity contribution in [2.75, 3.05) is 37.4 Å². The minimum Gasteiger partial charge on any atom is -0.497 e. The molecule has 1 aliphatic rings. The van der Waals surface area contributed by atoms with Crippen molar-refractivity contribution in [3.05, 3.63) is 54.1 Å². The first-order valence-electron chi connectivity index (χ1n) is 8.35. The van der Waals surface area contributed by atoms with Gasteiger partial charge < -0.3 is 25.4 Å². The summed E-state index contributed by atoms with van der Waals surface area (Å²) in [4.78, 5) is 25.0. The van der Waals surface area contributed by atoms with Crippen molar-refractivity contribution in [3.63, 3.8) is 0 Å². The van der Waals surface area contributed by atoms with Crippen LogP contribution in [-0.2, 0) is 9.53 Å². The highest BCUT2D eigenvalue weighted by atomic mass is 35.5. The van der Waals surface area contributed by atoms with Gasteiger partial charge in [-0.3, -0.25) is 9.59 Å². The van der Waals surface area contributed by atoms with Crippen LogP contribution in [0.3, 0.4) is 0 Å². The van der Waals surface area contributed by atoms with Gasteiger partial charge in [-0.05, 0) is 36.4 Å². The summed E-state index contributed by atoms with van der Waals surface area (Å²) in [5.41, 5.74) is 1.45. The van der Waals surface area contributed by atoms with E-state index in [2.05, 4.69) is 16.0 Å². The third-order valence-electron chi connectivity index (χ3n) is 4.00. The van der Waals surface area contributed by atoms with Gasteiger partial charge in [-0.25, -0.2) is 0 Å². The Balaban J connectivity index is 0.00000261. The zero-order chi connectivity index (χ0) is 18.4. The van der Waals surface area contributed by atoms with E-state index in [1.165, 1.54) is 0 Å². The number of carbonyl (C=O) groups is 2. The standard InChI is InChI=1S/C19H21N3O4.ClH/c1-25-14-8-6-13(7-9-14)21-18(23)15-4-2-3-5-16(15)22-19(24)17-12-20-10-11-26-17;/h2-9,17,20H,10-12H2,1H3,(H,21,23)(H,22,24);1H/t17-;/m1./s1. The Kier molecular flexibility index (Phi) is 7.60. The second kappa shape index (κ2) is 9.91. The predicted octanol–water partition coefficient (Wildman–Crippen LogP) is 2.30. The van der Waals surface area contributed by atoms with Crippen LogP contribution in [0.25, 0.3) is 0 Å². The summed E-state index contributed by atoms with van der Waals surface area (Å²) >= 11 is 0. The fourth-order valence-electron chi connectivity index (χ4n) is 2.61. The molecule has 0 aliphatic carbocycles. The zero-order valence-electron chi connectivity index (χ0n) is 14.9. The Morgan fingerprint density at radius 1 is 1.11 bits per heavy atom. The van der Waals surface area contributed by atoms with Gasteiger partial charge in [0.25, 0.3) is 11.8 Å². The van der Waals surface area contributed by atoms with Crippen LogP contribution in [0.1, 0.15) is 10.4 Å². The lowest BCUT2D eigenvalue weighted by Crippen LogP contribution is -2.45. The second-order valence-electron chi connectivity index (χ2n) is 5.78. The Labute approximate surface area is 163 Å². The van der Waals surface area contributed by atoms with Crippen LogP contribution in [0.2, 0.25) is 0 Å². The molecule has 3 rings (SSSR count). The van der Waals surface area contributed by atoms with Crippen LogP contribution >= 0.6 is 12.4 Å². The average Bonchev–Trinajstić information content (AvgIpc) is 2.69. The molecule has 144 valence electrons. The number of methoxy groups -OCH3 is 1. The number of anilines is 2. The summed E-state index contributed by atoms with van der Waals surface area (Å²) in [5.74, 6) is 0.118. The molecule has 0 spiro atoms. The lowest BCUT2D eigenvalue weighted by atomic mass is 10.1. The topological polar surface area (TPSA) is 88.7 Å². The van der Waals surface area contributed by atoms with Crippen LogP contribution in [0, 0.1) is 0 Å². The van der Waals surface area contributed by atoms with E-state index in [9.17, 15) is 9.59 Å². The van der Waals surface area contributed by atoms with E-state index < -0.39 is 6.10 Å². The maximum absolute atomic E-state index is 12.6. The van der Waals surface area contributed by atoms with E-state index in [4.69, 9.17) is 9.47 Å².